The summed E-state index contributed by atoms with van der Waals surface area (Å²) in [6.07, 6.45) is 0.650. The Kier molecular flexibility index (Phi) is 7.68. The van der Waals surface area contributed by atoms with E-state index in [0.717, 1.165) is 4.47 Å². The average molecular weight is 429 g/mol. The Labute approximate surface area is 137 Å². The van der Waals surface area contributed by atoms with E-state index in [1.807, 2.05) is 0 Å². The lowest BCUT2D eigenvalue weighted by Crippen LogP contribution is -2.26. The van der Waals surface area contributed by atoms with Gasteiger partial charge >= 0.3 is 0 Å². The van der Waals surface area contributed by atoms with Gasteiger partial charge in [0.25, 0.3) is 0 Å². The number of hydrogen-bond donors (Lipinski definition) is 1. The number of rotatable bonds is 8. The highest BCUT2D eigenvalue weighted by Crippen LogP contribution is 2.25. The van der Waals surface area contributed by atoms with Crippen molar-refractivity contribution in [2.45, 2.75) is 25.2 Å². The van der Waals surface area contributed by atoms with Gasteiger partial charge in [-0.3, -0.25) is 0 Å². The van der Waals surface area contributed by atoms with Gasteiger partial charge < -0.3 is 4.74 Å². The fourth-order valence-corrected chi connectivity index (χ4v) is 4.03. The fourth-order valence-electron chi connectivity index (χ4n) is 1.46. The highest BCUT2D eigenvalue weighted by atomic mass is 79.9. The molecule has 0 spiro atoms. The molecular weight excluding hydrogens is 410 g/mol. The largest absolute Gasteiger partial charge is 0.381 e. The summed E-state index contributed by atoms with van der Waals surface area (Å²) in [5.74, 6) is 0.490. The van der Waals surface area contributed by atoms with Crippen LogP contribution >= 0.6 is 31.9 Å². The first-order valence-corrected chi connectivity index (χ1v) is 9.42. The maximum atomic E-state index is 12.1. The van der Waals surface area contributed by atoms with Crippen LogP contribution < -0.4 is 4.72 Å². The van der Waals surface area contributed by atoms with Gasteiger partial charge in [0.05, 0.1) is 4.90 Å². The third-order valence-corrected chi connectivity index (χ3v) is 5.34. The molecule has 0 saturated heterocycles. The maximum absolute atomic E-state index is 12.1. The molecule has 0 amide bonds. The van der Waals surface area contributed by atoms with Crippen molar-refractivity contribution in [2.24, 2.45) is 5.92 Å². The SMILES string of the molecule is CC(C)COCCCNS(=O)(=O)c1cc(Br)ccc1Br. The Hall–Kier alpha value is 0.0500. The van der Waals surface area contributed by atoms with Crippen LogP contribution in [0.2, 0.25) is 0 Å². The summed E-state index contributed by atoms with van der Waals surface area (Å²) < 4.78 is 33.5. The molecule has 0 heterocycles. The molecule has 0 radical (unpaired) electrons. The van der Waals surface area contributed by atoms with E-state index in [2.05, 4.69) is 50.4 Å². The predicted octanol–water partition coefficient (Wildman–Crippen LogP) is 3.55. The van der Waals surface area contributed by atoms with Crippen LogP contribution in [-0.4, -0.2) is 28.2 Å². The lowest BCUT2D eigenvalue weighted by molar-refractivity contribution is 0.108. The lowest BCUT2D eigenvalue weighted by Gasteiger charge is -2.10. The maximum Gasteiger partial charge on any atom is 0.241 e. The number of hydrogen-bond acceptors (Lipinski definition) is 3. The Morgan fingerprint density at radius 1 is 1.30 bits per heavy atom. The number of halogens is 2. The van der Waals surface area contributed by atoms with Crippen molar-refractivity contribution in [1.82, 2.24) is 4.72 Å². The summed E-state index contributed by atoms with van der Waals surface area (Å²) in [6.45, 7) is 5.77. The monoisotopic (exact) mass is 427 g/mol. The Balaban J connectivity index is 2.48. The van der Waals surface area contributed by atoms with Gasteiger partial charge in [-0.1, -0.05) is 29.8 Å². The van der Waals surface area contributed by atoms with Crippen LogP contribution in [0.5, 0.6) is 0 Å². The molecule has 0 atom stereocenters. The van der Waals surface area contributed by atoms with Crippen molar-refractivity contribution in [1.29, 1.82) is 0 Å². The van der Waals surface area contributed by atoms with E-state index in [-0.39, 0.29) is 4.90 Å². The molecule has 7 heteroatoms. The molecule has 0 aliphatic heterocycles. The molecule has 0 aliphatic rings. The van der Waals surface area contributed by atoms with E-state index in [1.54, 1.807) is 18.2 Å². The van der Waals surface area contributed by atoms with Crippen LogP contribution in [0.4, 0.5) is 0 Å². The molecule has 0 fully saturated rings. The van der Waals surface area contributed by atoms with E-state index in [0.29, 0.717) is 36.6 Å². The molecule has 0 unspecified atom stereocenters. The zero-order chi connectivity index (χ0) is 15.2. The molecule has 0 aliphatic carbocycles. The van der Waals surface area contributed by atoms with Crippen molar-refractivity contribution in [2.75, 3.05) is 19.8 Å². The summed E-state index contributed by atoms with van der Waals surface area (Å²) in [5.41, 5.74) is 0. The third-order valence-electron chi connectivity index (χ3n) is 2.39. The molecule has 20 heavy (non-hydrogen) atoms. The Bertz CT molecular complexity index is 532. The average Bonchev–Trinajstić information content (AvgIpc) is 2.36. The Morgan fingerprint density at radius 2 is 2.00 bits per heavy atom. The van der Waals surface area contributed by atoms with Gasteiger partial charge in [-0.25, -0.2) is 13.1 Å². The predicted molar refractivity (Wildman–Crippen MR) is 87.3 cm³/mol. The summed E-state index contributed by atoms with van der Waals surface area (Å²) >= 11 is 6.52. The van der Waals surface area contributed by atoms with Crippen LogP contribution in [0.15, 0.2) is 32.0 Å². The van der Waals surface area contributed by atoms with Gasteiger partial charge in [0.15, 0.2) is 0 Å². The van der Waals surface area contributed by atoms with E-state index in [4.69, 9.17) is 4.74 Å². The molecule has 0 bridgehead atoms. The van der Waals surface area contributed by atoms with E-state index in [9.17, 15) is 8.42 Å². The zero-order valence-electron chi connectivity index (χ0n) is 11.5. The van der Waals surface area contributed by atoms with Gasteiger partial charge in [0, 0.05) is 28.7 Å². The molecule has 0 aromatic heterocycles. The molecular formula is C13H19Br2NO3S. The van der Waals surface area contributed by atoms with Crippen molar-refractivity contribution >= 4 is 41.9 Å². The number of benzene rings is 1. The third kappa shape index (κ3) is 6.22. The molecule has 4 nitrogen and oxygen atoms in total. The van der Waals surface area contributed by atoms with Gasteiger partial charge in [-0.15, -0.1) is 0 Å². The standard InChI is InChI=1S/C13H19Br2NO3S/c1-10(2)9-19-7-3-6-16-20(17,18)13-8-11(14)4-5-12(13)15/h4-5,8,10,16H,3,6-7,9H2,1-2H3. The van der Waals surface area contributed by atoms with Crippen molar-refractivity contribution < 1.29 is 13.2 Å². The van der Waals surface area contributed by atoms with Crippen molar-refractivity contribution in [3.63, 3.8) is 0 Å². The molecule has 1 rings (SSSR count). The summed E-state index contributed by atoms with van der Waals surface area (Å²) in [4.78, 5) is 0.231. The minimum Gasteiger partial charge on any atom is -0.381 e. The van der Waals surface area contributed by atoms with Crippen molar-refractivity contribution in [3.05, 3.63) is 27.1 Å². The molecule has 1 N–H and O–H groups in total. The van der Waals surface area contributed by atoms with Gasteiger partial charge in [0.1, 0.15) is 0 Å². The first-order chi connectivity index (χ1) is 9.33. The van der Waals surface area contributed by atoms with Crippen LogP contribution in [0.25, 0.3) is 0 Å². The molecule has 1 aromatic carbocycles. The minimum atomic E-state index is -3.50. The quantitative estimate of drug-likeness (QED) is 0.644. The van der Waals surface area contributed by atoms with E-state index >= 15 is 0 Å². The Morgan fingerprint density at radius 3 is 2.65 bits per heavy atom. The first-order valence-electron chi connectivity index (χ1n) is 6.35. The van der Waals surface area contributed by atoms with Gasteiger partial charge in [0.2, 0.25) is 10.0 Å². The summed E-state index contributed by atoms with van der Waals surface area (Å²) in [6, 6.07) is 5.05. The number of nitrogens with one attached hydrogen (secondary N) is 1. The van der Waals surface area contributed by atoms with Crippen LogP contribution in [-0.2, 0) is 14.8 Å². The van der Waals surface area contributed by atoms with Crippen LogP contribution in [0.1, 0.15) is 20.3 Å². The normalized spacial score (nSPS) is 12.1. The highest BCUT2D eigenvalue weighted by Gasteiger charge is 2.17. The number of ether oxygens (including phenoxy) is 1. The highest BCUT2D eigenvalue weighted by molar-refractivity contribution is 9.11. The van der Waals surface area contributed by atoms with Gasteiger partial charge in [-0.2, -0.15) is 0 Å². The lowest BCUT2D eigenvalue weighted by atomic mass is 10.2. The summed E-state index contributed by atoms with van der Waals surface area (Å²) in [5, 5.41) is 0. The molecule has 0 saturated carbocycles. The molecule has 114 valence electrons. The van der Waals surface area contributed by atoms with E-state index in [1.165, 1.54) is 0 Å². The fraction of sp³-hybridized carbons (Fsp3) is 0.538. The second-order valence-electron chi connectivity index (χ2n) is 4.79. The topological polar surface area (TPSA) is 55.4 Å². The molecule has 1 aromatic rings. The second kappa shape index (κ2) is 8.48. The van der Waals surface area contributed by atoms with Crippen LogP contribution in [0.3, 0.4) is 0 Å². The van der Waals surface area contributed by atoms with Gasteiger partial charge in [-0.05, 0) is 46.5 Å². The first kappa shape index (κ1) is 18.1. The second-order valence-corrected chi connectivity index (χ2v) is 8.30. The van der Waals surface area contributed by atoms with Crippen LogP contribution in [0, 0.1) is 5.92 Å². The summed E-state index contributed by atoms with van der Waals surface area (Å²) in [7, 11) is -3.50. The smallest absolute Gasteiger partial charge is 0.241 e. The van der Waals surface area contributed by atoms with E-state index < -0.39 is 10.0 Å². The minimum absolute atomic E-state index is 0.231. The number of sulfonamides is 1. The zero-order valence-corrected chi connectivity index (χ0v) is 15.5. The van der Waals surface area contributed by atoms with Crippen molar-refractivity contribution in [3.8, 4) is 0 Å².